The number of piperazine rings is 1. The fraction of sp³-hybridized carbons (Fsp3) is 0.281. The monoisotopic (exact) mass is 617 g/mol. The maximum absolute atomic E-state index is 13.6. The lowest BCUT2D eigenvalue weighted by Crippen LogP contribution is -2.49. The summed E-state index contributed by atoms with van der Waals surface area (Å²) in [6, 6.07) is 19.6. The van der Waals surface area contributed by atoms with Crippen LogP contribution < -0.4 is 15.5 Å². The third-order valence-electron chi connectivity index (χ3n) is 7.97. The Hall–Kier alpha value is -4.52. The van der Waals surface area contributed by atoms with Gasteiger partial charge in [-0.15, -0.1) is 0 Å². The second kappa shape index (κ2) is 12.6. The number of carboxylic acids is 1. The van der Waals surface area contributed by atoms with Gasteiger partial charge in [0.1, 0.15) is 0 Å². The lowest BCUT2D eigenvalue weighted by molar-refractivity contribution is -0.112. The molecule has 11 nitrogen and oxygen atoms in total. The summed E-state index contributed by atoms with van der Waals surface area (Å²) in [5.41, 5.74) is 4.76. The molecule has 0 saturated carbocycles. The van der Waals surface area contributed by atoms with E-state index in [1.807, 2.05) is 30.3 Å². The maximum Gasteiger partial charge on any atom is 0.336 e. The SMILES string of the molecule is Cc1cc2c(cc1C(=O)O)N(C)C(=O)C2=C(Nc1ccc(C(=O)NCCN2CCN(S(C)(=O)=O)CC2)cc1)c1ccccc1. The van der Waals surface area contributed by atoms with Crippen LogP contribution in [0.5, 0.6) is 0 Å². The summed E-state index contributed by atoms with van der Waals surface area (Å²) in [6.07, 6.45) is 1.22. The largest absolute Gasteiger partial charge is 0.478 e. The average molecular weight is 618 g/mol. The zero-order valence-electron chi connectivity index (χ0n) is 24.8. The van der Waals surface area contributed by atoms with Crippen LogP contribution in [0.25, 0.3) is 11.3 Å². The van der Waals surface area contributed by atoms with Gasteiger partial charge in [0.05, 0.1) is 28.8 Å². The first kappa shape index (κ1) is 30.9. The van der Waals surface area contributed by atoms with Gasteiger partial charge in [-0.3, -0.25) is 14.5 Å². The van der Waals surface area contributed by atoms with Gasteiger partial charge in [0, 0.05) is 63.1 Å². The fourth-order valence-corrected chi connectivity index (χ4v) is 6.31. The number of nitrogens with one attached hydrogen (secondary N) is 2. The first-order valence-corrected chi connectivity index (χ1v) is 16.1. The third kappa shape index (κ3) is 6.52. The highest BCUT2D eigenvalue weighted by Gasteiger charge is 2.34. The minimum Gasteiger partial charge on any atom is -0.478 e. The molecule has 0 aromatic heterocycles. The highest BCUT2D eigenvalue weighted by atomic mass is 32.2. The standard InChI is InChI=1S/C32H35N5O6S/c1-21-19-26-27(20-25(21)32(40)41)35(2)31(39)28(26)29(22-7-5-4-6-8-22)34-24-11-9-23(10-12-24)30(38)33-13-14-36-15-17-37(18-16-36)44(3,42)43/h4-12,19-20,34H,13-18H2,1-3H3,(H,33,38)(H,40,41). The first-order chi connectivity index (χ1) is 20.9. The average Bonchev–Trinajstić information content (AvgIpc) is 3.24. The number of anilines is 2. The molecule has 3 aromatic rings. The van der Waals surface area contributed by atoms with Crippen LogP contribution in [-0.2, 0) is 14.8 Å². The maximum atomic E-state index is 13.6. The van der Waals surface area contributed by atoms with E-state index in [2.05, 4.69) is 15.5 Å². The quantitative estimate of drug-likeness (QED) is 0.312. The Bertz CT molecular complexity index is 1730. The van der Waals surface area contributed by atoms with Crippen molar-refractivity contribution in [2.24, 2.45) is 0 Å². The second-order valence-electron chi connectivity index (χ2n) is 10.9. The molecule has 0 unspecified atom stereocenters. The third-order valence-corrected chi connectivity index (χ3v) is 9.27. The number of aromatic carboxylic acids is 1. The van der Waals surface area contributed by atoms with E-state index in [1.165, 1.54) is 21.5 Å². The van der Waals surface area contributed by atoms with Crippen molar-refractivity contribution in [3.05, 3.63) is 94.5 Å². The van der Waals surface area contributed by atoms with Crippen LogP contribution in [0.3, 0.4) is 0 Å². The number of nitrogens with zero attached hydrogens (tertiary/aromatic N) is 3. The van der Waals surface area contributed by atoms with Crippen molar-refractivity contribution >= 4 is 50.5 Å². The second-order valence-corrected chi connectivity index (χ2v) is 12.9. The van der Waals surface area contributed by atoms with E-state index in [4.69, 9.17) is 0 Å². The molecule has 44 heavy (non-hydrogen) atoms. The number of carbonyl (C=O) groups excluding carboxylic acids is 2. The smallest absolute Gasteiger partial charge is 0.336 e. The number of benzene rings is 3. The summed E-state index contributed by atoms with van der Waals surface area (Å²) in [7, 11) is -1.56. The van der Waals surface area contributed by atoms with Crippen LogP contribution in [0.15, 0.2) is 66.7 Å². The zero-order chi connectivity index (χ0) is 31.6. The number of carbonyl (C=O) groups is 3. The number of aryl methyl sites for hydroxylation is 1. The molecule has 12 heteroatoms. The molecule has 2 aliphatic rings. The lowest BCUT2D eigenvalue weighted by Gasteiger charge is -2.33. The molecule has 2 aliphatic heterocycles. The van der Waals surface area contributed by atoms with Gasteiger partial charge >= 0.3 is 5.97 Å². The van der Waals surface area contributed by atoms with Crippen LogP contribution in [0, 0.1) is 6.92 Å². The summed E-state index contributed by atoms with van der Waals surface area (Å²) < 4.78 is 24.9. The highest BCUT2D eigenvalue weighted by Crippen LogP contribution is 2.41. The number of amides is 2. The summed E-state index contributed by atoms with van der Waals surface area (Å²) >= 11 is 0. The first-order valence-electron chi connectivity index (χ1n) is 14.2. The van der Waals surface area contributed by atoms with Crippen molar-refractivity contribution in [1.82, 2.24) is 14.5 Å². The predicted octanol–water partition coefficient (Wildman–Crippen LogP) is 2.96. The van der Waals surface area contributed by atoms with Gasteiger partial charge in [-0.1, -0.05) is 30.3 Å². The zero-order valence-corrected chi connectivity index (χ0v) is 25.6. The Morgan fingerprint density at radius 1 is 0.932 bits per heavy atom. The fourth-order valence-electron chi connectivity index (χ4n) is 5.49. The highest BCUT2D eigenvalue weighted by molar-refractivity contribution is 7.88. The van der Waals surface area contributed by atoms with Gasteiger partial charge in [0.2, 0.25) is 10.0 Å². The van der Waals surface area contributed by atoms with E-state index in [0.717, 1.165) is 5.56 Å². The van der Waals surface area contributed by atoms with Crippen LogP contribution in [0.2, 0.25) is 0 Å². The Balaban J connectivity index is 1.32. The molecule has 0 bridgehead atoms. The molecule has 0 atom stereocenters. The summed E-state index contributed by atoms with van der Waals surface area (Å²) in [5.74, 6) is -1.54. The van der Waals surface area contributed by atoms with Gasteiger partial charge < -0.3 is 20.6 Å². The van der Waals surface area contributed by atoms with Crippen molar-refractivity contribution in [3.8, 4) is 0 Å². The summed E-state index contributed by atoms with van der Waals surface area (Å²) in [4.78, 5) is 41.7. The number of sulfonamides is 1. The van der Waals surface area contributed by atoms with E-state index in [-0.39, 0.29) is 17.4 Å². The normalized spacial score (nSPS) is 16.9. The Labute approximate surface area is 256 Å². The van der Waals surface area contributed by atoms with Crippen LogP contribution in [0.4, 0.5) is 11.4 Å². The number of likely N-dealkylation sites (N-methyl/N-ethyl adjacent to an activating group) is 1. The number of hydrogen-bond acceptors (Lipinski definition) is 7. The van der Waals surface area contributed by atoms with Crippen LogP contribution in [0.1, 0.15) is 37.4 Å². The molecule has 1 saturated heterocycles. The number of carboxylic acid groups (broad SMARTS) is 1. The van der Waals surface area contributed by atoms with Gasteiger partial charge in [0.25, 0.3) is 11.8 Å². The number of rotatable bonds is 9. The van der Waals surface area contributed by atoms with E-state index >= 15 is 0 Å². The predicted molar refractivity (Wildman–Crippen MR) is 170 cm³/mol. The molecule has 230 valence electrons. The van der Waals surface area contributed by atoms with Crippen molar-refractivity contribution in [3.63, 3.8) is 0 Å². The molecular weight excluding hydrogens is 582 g/mol. The molecule has 2 heterocycles. The van der Waals surface area contributed by atoms with E-state index < -0.39 is 16.0 Å². The molecule has 0 spiro atoms. The summed E-state index contributed by atoms with van der Waals surface area (Å²) in [6.45, 7) is 4.88. The Morgan fingerprint density at radius 2 is 1.59 bits per heavy atom. The van der Waals surface area contributed by atoms with Crippen LogP contribution >= 0.6 is 0 Å². The van der Waals surface area contributed by atoms with Gasteiger partial charge in [0.15, 0.2) is 0 Å². The van der Waals surface area contributed by atoms with Crippen molar-refractivity contribution in [2.45, 2.75) is 6.92 Å². The number of fused-ring (bicyclic) bond motifs is 1. The Morgan fingerprint density at radius 3 is 2.20 bits per heavy atom. The van der Waals surface area contributed by atoms with Crippen molar-refractivity contribution in [1.29, 1.82) is 0 Å². The molecule has 2 amide bonds. The molecular formula is C32H35N5O6S. The minimum atomic E-state index is -3.19. The molecule has 5 rings (SSSR count). The number of hydrogen-bond donors (Lipinski definition) is 3. The van der Waals surface area contributed by atoms with E-state index in [0.29, 0.717) is 78.6 Å². The van der Waals surface area contributed by atoms with Gasteiger partial charge in [-0.25, -0.2) is 13.2 Å². The Kier molecular flexibility index (Phi) is 8.86. The molecule has 3 N–H and O–H groups in total. The molecule has 0 aliphatic carbocycles. The lowest BCUT2D eigenvalue weighted by atomic mass is 9.96. The van der Waals surface area contributed by atoms with E-state index in [9.17, 15) is 27.9 Å². The summed E-state index contributed by atoms with van der Waals surface area (Å²) in [5, 5.41) is 15.9. The van der Waals surface area contributed by atoms with E-state index in [1.54, 1.807) is 44.3 Å². The molecule has 1 fully saturated rings. The van der Waals surface area contributed by atoms with Crippen LogP contribution in [-0.4, -0.2) is 93.1 Å². The van der Waals surface area contributed by atoms with Crippen molar-refractivity contribution < 1.29 is 27.9 Å². The minimum absolute atomic E-state index is 0.141. The van der Waals surface area contributed by atoms with Gasteiger partial charge in [-0.2, -0.15) is 4.31 Å². The molecule has 3 aromatic carbocycles. The van der Waals surface area contributed by atoms with Crippen molar-refractivity contribution in [2.75, 3.05) is 62.8 Å². The van der Waals surface area contributed by atoms with Gasteiger partial charge in [-0.05, 0) is 54.4 Å². The molecule has 0 radical (unpaired) electrons. The topological polar surface area (TPSA) is 139 Å².